The first kappa shape index (κ1) is 12.7. The van der Waals surface area contributed by atoms with E-state index in [4.69, 9.17) is 4.74 Å². The lowest BCUT2D eigenvalue weighted by molar-refractivity contribution is -0.137. The molecule has 0 saturated carbocycles. The van der Waals surface area contributed by atoms with Gasteiger partial charge in [-0.05, 0) is 24.6 Å². The van der Waals surface area contributed by atoms with Crippen LogP contribution in [0.2, 0.25) is 0 Å². The van der Waals surface area contributed by atoms with Crippen LogP contribution in [0, 0.1) is 0 Å². The van der Waals surface area contributed by atoms with Crippen LogP contribution in [0.5, 0.6) is 0 Å². The zero-order chi connectivity index (χ0) is 13.3. The number of hydrogen-bond acceptors (Lipinski definition) is 2. The number of allylic oxidation sites excluding steroid dienone is 2. The topological polar surface area (TPSA) is 21.6 Å². The second kappa shape index (κ2) is 4.48. The van der Waals surface area contributed by atoms with E-state index in [2.05, 4.69) is 4.99 Å². The maximum atomic E-state index is 12.4. The van der Waals surface area contributed by atoms with E-state index in [0.29, 0.717) is 12.0 Å². The van der Waals surface area contributed by atoms with Crippen molar-refractivity contribution in [3.05, 3.63) is 46.8 Å². The molecular formula is C13H12F3NO. The fourth-order valence-electron chi connectivity index (χ4n) is 1.82. The van der Waals surface area contributed by atoms with Gasteiger partial charge in [-0.15, -0.1) is 0 Å². The summed E-state index contributed by atoms with van der Waals surface area (Å²) in [4.78, 5) is 4.29. The third-order valence-corrected chi connectivity index (χ3v) is 2.83. The summed E-state index contributed by atoms with van der Waals surface area (Å²) in [6.07, 6.45) is -3.78. The Balaban J connectivity index is 2.21. The van der Waals surface area contributed by atoms with Gasteiger partial charge in [0.1, 0.15) is 5.76 Å². The maximum absolute atomic E-state index is 12.4. The summed E-state index contributed by atoms with van der Waals surface area (Å²) in [7, 11) is 1.56. The minimum absolute atomic E-state index is 0.522. The average molecular weight is 255 g/mol. The molecule has 96 valence electrons. The van der Waals surface area contributed by atoms with Crippen LogP contribution in [-0.4, -0.2) is 12.8 Å². The Labute approximate surface area is 103 Å². The Morgan fingerprint density at radius 2 is 1.78 bits per heavy atom. The molecular weight excluding hydrogens is 243 g/mol. The Bertz CT molecular complexity index is 512. The molecule has 0 aromatic heterocycles. The maximum Gasteiger partial charge on any atom is 0.416 e. The van der Waals surface area contributed by atoms with Gasteiger partial charge in [-0.2, -0.15) is 13.2 Å². The number of alkyl halides is 3. The van der Waals surface area contributed by atoms with Crippen LogP contribution in [0.1, 0.15) is 24.5 Å². The molecule has 0 unspecified atom stereocenters. The number of hydrogen-bond donors (Lipinski definition) is 0. The van der Waals surface area contributed by atoms with E-state index in [9.17, 15) is 13.2 Å². The first-order valence-electron chi connectivity index (χ1n) is 5.41. The number of rotatable bonds is 2. The highest BCUT2D eigenvalue weighted by atomic mass is 19.4. The minimum Gasteiger partial charge on any atom is -0.499 e. The van der Waals surface area contributed by atoms with Crippen molar-refractivity contribution in [3.8, 4) is 0 Å². The van der Waals surface area contributed by atoms with Gasteiger partial charge in [-0.1, -0.05) is 12.1 Å². The number of benzene rings is 1. The molecule has 0 N–H and O–H groups in total. The van der Waals surface area contributed by atoms with Crippen molar-refractivity contribution in [3.63, 3.8) is 0 Å². The van der Waals surface area contributed by atoms with Crippen molar-refractivity contribution in [2.45, 2.75) is 19.5 Å². The van der Waals surface area contributed by atoms with Crippen molar-refractivity contribution in [1.29, 1.82) is 0 Å². The van der Waals surface area contributed by atoms with Gasteiger partial charge in [0, 0.05) is 6.42 Å². The van der Waals surface area contributed by atoms with Crippen LogP contribution < -0.4 is 0 Å². The molecule has 1 aliphatic rings. The first-order chi connectivity index (χ1) is 8.41. The fraction of sp³-hybridized carbons (Fsp3) is 0.308. The van der Waals surface area contributed by atoms with Gasteiger partial charge in [-0.25, -0.2) is 0 Å². The highest BCUT2D eigenvalue weighted by Gasteiger charge is 2.30. The number of aliphatic imine (C=N–C) groups is 1. The van der Waals surface area contributed by atoms with E-state index in [1.165, 1.54) is 12.1 Å². The Kier molecular flexibility index (Phi) is 3.15. The van der Waals surface area contributed by atoms with Crippen molar-refractivity contribution < 1.29 is 17.9 Å². The lowest BCUT2D eigenvalue weighted by Crippen LogP contribution is -2.06. The normalized spacial score (nSPS) is 15.9. The van der Waals surface area contributed by atoms with Crippen LogP contribution in [0.25, 0.3) is 0 Å². The summed E-state index contributed by atoms with van der Waals surface area (Å²) in [6.45, 7) is 1.82. The van der Waals surface area contributed by atoms with Gasteiger partial charge in [0.2, 0.25) is 0 Å². The Hall–Kier alpha value is -1.78. The van der Waals surface area contributed by atoms with Crippen LogP contribution in [0.15, 0.2) is 40.7 Å². The molecule has 0 amide bonds. The zero-order valence-corrected chi connectivity index (χ0v) is 10.0. The third-order valence-electron chi connectivity index (χ3n) is 2.83. The average Bonchev–Trinajstić information content (AvgIpc) is 2.69. The minimum atomic E-state index is -4.30. The molecule has 0 spiro atoms. The standard InChI is InChI=1S/C13H12F3NO/c1-8-12(18-2)7-11(17-8)9-3-5-10(6-4-9)13(14,15)16/h3-6H,7H2,1-2H3. The van der Waals surface area contributed by atoms with Crippen LogP contribution in [0.3, 0.4) is 0 Å². The van der Waals surface area contributed by atoms with Gasteiger partial charge in [-0.3, -0.25) is 4.99 Å². The molecule has 0 bridgehead atoms. The Morgan fingerprint density at radius 3 is 2.22 bits per heavy atom. The van der Waals surface area contributed by atoms with Gasteiger partial charge >= 0.3 is 6.18 Å². The molecule has 1 aromatic carbocycles. The van der Waals surface area contributed by atoms with E-state index >= 15 is 0 Å². The molecule has 0 aliphatic carbocycles. The van der Waals surface area contributed by atoms with Crippen LogP contribution in [-0.2, 0) is 10.9 Å². The van der Waals surface area contributed by atoms with Gasteiger partial charge < -0.3 is 4.74 Å². The number of nitrogens with zero attached hydrogens (tertiary/aromatic N) is 1. The molecule has 0 saturated heterocycles. The summed E-state index contributed by atoms with van der Waals surface area (Å²) in [5.41, 5.74) is 1.54. The lowest BCUT2D eigenvalue weighted by Gasteiger charge is -2.07. The van der Waals surface area contributed by atoms with E-state index in [1.807, 2.05) is 6.92 Å². The lowest BCUT2D eigenvalue weighted by atomic mass is 10.1. The molecule has 1 aliphatic heterocycles. The van der Waals surface area contributed by atoms with Crippen molar-refractivity contribution in [2.24, 2.45) is 4.99 Å². The first-order valence-corrected chi connectivity index (χ1v) is 5.41. The largest absolute Gasteiger partial charge is 0.499 e. The van der Waals surface area contributed by atoms with E-state index in [1.54, 1.807) is 7.11 Å². The molecule has 0 fully saturated rings. The molecule has 5 heteroatoms. The smallest absolute Gasteiger partial charge is 0.416 e. The molecule has 18 heavy (non-hydrogen) atoms. The summed E-state index contributed by atoms with van der Waals surface area (Å²) in [5, 5.41) is 0. The van der Waals surface area contributed by atoms with E-state index < -0.39 is 11.7 Å². The summed E-state index contributed by atoms with van der Waals surface area (Å²) in [6, 6.07) is 5.01. The Morgan fingerprint density at radius 1 is 1.17 bits per heavy atom. The van der Waals surface area contributed by atoms with E-state index in [0.717, 1.165) is 29.3 Å². The summed E-state index contributed by atoms with van der Waals surface area (Å²) in [5.74, 6) is 0.755. The zero-order valence-electron chi connectivity index (χ0n) is 10.0. The number of methoxy groups -OCH3 is 1. The fourth-order valence-corrected chi connectivity index (χ4v) is 1.82. The molecule has 1 heterocycles. The highest BCUT2D eigenvalue weighted by molar-refractivity contribution is 6.03. The van der Waals surface area contributed by atoms with Crippen LogP contribution in [0.4, 0.5) is 13.2 Å². The number of ether oxygens (including phenoxy) is 1. The summed E-state index contributed by atoms with van der Waals surface area (Å²) < 4.78 is 42.4. The predicted octanol–water partition coefficient (Wildman–Crippen LogP) is 3.78. The SMILES string of the molecule is COC1=C(C)N=C(c2ccc(C(F)(F)F)cc2)C1. The molecule has 1 aromatic rings. The second-order valence-electron chi connectivity index (χ2n) is 4.02. The molecule has 0 atom stereocenters. The van der Waals surface area contributed by atoms with Crippen molar-refractivity contribution in [1.82, 2.24) is 0 Å². The van der Waals surface area contributed by atoms with E-state index in [-0.39, 0.29) is 0 Å². The summed E-state index contributed by atoms with van der Waals surface area (Å²) >= 11 is 0. The third kappa shape index (κ3) is 2.39. The van der Waals surface area contributed by atoms with Crippen molar-refractivity contribution in [2.75, 3.05) is 7.11 Å². The highest BCUT2D eigenvalue weighted by Crippen LogP contribution is 2.30. The van der Waals surface area contributed by atoms with Crippen LogP contribution >= 0.6 is 0 Å². The quantitative estimate of drug-likeness (QED) is 0.788. The molecule has 2 rings (SSSR count). The monoisotopic (exact) mass is 255 g/mol. The molecule has 2 nitrogen and oxygen atoms in total. The van der Waals surface area contributed by atoms with Crippen molar-refractivity contribution >= 4 is 5.71 Å². The number of halogens is 3. The van der Waals surface area contributed by atoms with Gasteiger partial charge in [0.25, 0.3) is 0 Å². The molecule has 0 radical (unpaired) electrons. The van der Waals surface area contributed by atoms with Gasteiger partial charge in [0.15, 0.2) is 0 Å². The second-order valence-corrected chi connectivity index (χ2v) is 4.02. The van der Waals surface area contributed by atoms with Gasteiger partial charge in [0.05, 0.1) is 24.1 Å². The predicted molar refractivity (Wildman–Crippen MR) is 62.3 cm³/mol.